The lowest BCUT2D eigenvalue weighted by Gasteiger charge is -2.35. The molecule has 354 valence electrons. The van der Waals surface area contributed by atoms with Gasteiger partial charge < -0.3 is 37.0 Å². The highest BCUT2D eigenvalue weighted by molar-refractivity contribution is 7.89. The number of thiocarbonyl (C=S) groups is 1. The number of carbonyl (C=O) groups is 3. The number of β-amino-alcohol motifs (C(OH)–C–C–N with tert-alkyl or cyclic N) is 1. The Labute approximate surface area is 401 Å². The van der Waals surface area contributed by atoms with E-state index < -0.39 is 51.3 Å². The summed E-state index contributed by atoms with van der Waals surface area (Å²) in [5, 5.41) is 23.2. The maximum absolute atomic E-state index is 14.3. The topological polar surface area (TPSA) is 215 Å². The first kappa shape index (κ1) is 49.1. The number of hydrogen-bond donors (Lipinski definition) is 6. The number of aliphatic hydroxyl groups excluding tert-OH is 1. The third-order valence-electron chi connectivity index (χ3n) is 12.1. The lowest BCUT2D eigenvalue weighted by atomic mass is 9.85. The number of aryl methyl sites for hydroxylation is 1. The number of hydrogen-bond acceptors (Lipinski definition) is 12. The van der Waals surface area contributed by atoms with Crippen LogP contribution in [0.4, 0.5) is 11.4 Å². The highest BCUT2D eigenvalue weighted by Gasteiger charge is 2.45. The van der Waals surface area contributed by atoms with E-state index in [1.807, 2.05) is 76.5 Å². The van der Waals surface area contributed by atoms with Gasteiger partial charge >= 0.3 is 0 Å². The van der Waals surface area contributed by atoms with Crippen molar-refractivity contribution in [3.05, 3.63) is 125 Å². The smallest absolute Gasteiger partial charge is 0.252 e. The lowest BCUT2D eigenvalue weighted by Crippen LogP contribution is -2.57. The van der Waals surface area contributed by atoms with Gasteiger partial charge in [0.1, 0.15) is 12.1 Å². The van der Waals surface area contributed by atoms with Crippen LogP contribution in [0.15, 0.2) is 102 Å². The molecule has 4 atom stereocenters. The number of nitrogens with two attached hydrogens (primary N) is 1. The molecule has 2 saturated heterocycles. The molecule has 0 unspecified atom stereocenters. The van der Waals surface area contributed by atoms with Gasteiger partial charge in [0.2, 0.25) is 21.8 Å². The summed E-state index contributed by atoms with van der Waals surface area (Å²) < 4.78 is 28.6. The molecule has 16 nitrogen and oxygen atoms in total. The molecule has 3 amide bonds. The van der Waals surface area contributed by atoms with E-state index in [4.69, 9.17) is 18.0 Å². The number of likely N-dealkylation sites (tertiary alicyclic amines) is 1. The minimum Gasteiger partial charge on any atom is -0.398 e. The third-order valence-corrected chi connectivity index (χ3v) is 15.2. The van der Waals surface area contributed by atoms with Crippen LogP contribution >= 0.6 is 23.6 Å². The quantitative estimate of drug-likeness (QED) is 0.0634. The van der Waals surface area contributed by atoms with Crippen molar-refractivity contribution in [3.63, 3.8) is 0 Å². The number of carbonyl (C=O) groups excluding carboxylic acids is 3. The maximum Gasteiger partial charge on any atom is 0.252 e. The van der Waals surface area contributed by atoms with E-state index in [2.05, 4.69) is 36.1 Å². The summed E-state index contributed by atoms with van der Waals surface area (Å²) in [7, 11) is -3.75. The first-order valence-electron chi connectivity index (χ1n) is 22.1. The monoisotopic (exact) mass is 966 g/mol. The molecule has 2 aromatic heterocycles. The maximum atomic E-state index is 14.3. The number of nitrogens with zero attached hydrogens (tertiary/aromatic N) is 5. The molecule has 2 fully saturated rings. The van der Waals surface area contributed by atoms with Crippen molar-refractivity contribution in [3.8, 4) is 10.4 Å². The van der Waals surface area contributed by atoms with E-state index in [1.54, 1.807) is 66.2 Å². The van der Waals surface area contributed by atoms with Gasteiger partial charge in [-0.1, -0.05) is 57.2 Å². The third kappa shape index (κ3) is 12.0. The molecule has 0 aliphatic carbocycles. The summed E-state index contributed by atoms with van der Waals surface area (Å²) >= 11 is 6.96. The molecule has 67 heavy (non-hydrogen) atoms. The van der Waals surface area contributed by atoms with Crippen molar-refractivity contribution in [1.29, 1.82) is 0 Å². The fraction of sp³-hybridized carbons (Fsp3) is 0.375. The largest absolute Gasteiger partial charge is 0.398 e. The molecule has 19 heteroatoms. The van der Waals surface area contributed by atoms with Crippen molar-refractivity contribution >= 4 is 67.8 Å². The van der Waals surface area contributed by atoms with Gasteiger partial charge in [-0.2, -0.15) is 4.31 Å². The van der Waals surface area contributed by atoms with Crippen LogP contribution in [0, 0.1) is 12.3 Å². The van der Waals surface area contributed by atoms with Gasteiger partial charge in [-0.05, 0) is 96.2 Å². The molecule has 0 bridgehead atoms. The summed E-state index contributed by atoms with van der Waals surface area (Å²) in [6.07, 6.45) is 2.60. The van der Waals surface area contributed by atoms with Crippen molar-refractivity contribution in [1.82, 2.24) is 40.0 Å². The number of nitrogens with one attached hydrogen (secondary N) is 4. The predicted octanol–water partition coefficient (Wildman–Crippen LogP) is 5.07. The van der Waals surface area contributed by atoms with Gasteiger partial charge in [0.15, 0.2) is 5.11 Å². The van der Waals surface area contributed by atoms with Crippen LogP contribution in [0.25, 0.3) is 10.4 Å². The van der Waals surface area contributed by atoms with Gasteiger partial charge in [0.05, 0.1) is 33.1 Å². The Morgan fingerprint density at radius 1 is 0.985 bits per heavy atom. The molecular weight excluding hydrogens is 909 g/mol. The first-order chi connectivity index (χ1) is 31.9. The number of piperazine rings is 1. The summed E-state index contributed by atoms with van der Waals surface area (Å²) in [5.74, 6) is -1.38. The Bertz CT molecular complexity index is 2670. The van der Waals surface area contributed by atoms with Crippen molar-refractivity contribution in [2.75, 3.05) is 43.8 Å². The lowest BCUT2D eigenvalue weighted by molar-refractivity contribution is -0.142. The van der Waals surface area contributed by atoms with Crippen LogP contribution in [0.5, 0.6) is 0 Å². The average Bonchev–Trinajstić information content (AvgIpc) is 3.93. The fourth-order valence-electron chi connectivity index (χ4n) is 8.20. The SMILES string of the molecule is Cc1ncsc1-c1ccc([C@H](C)NC(=O)[C@@H]2C[C@@H](O)CN2C(=O)[C@@H](NC(=O)c2ccc(CN3CCN(S(=O)(=O)c4ccc(NC(=S)NCc5cccnc5)cc4)CC3)c(N)c2)C(C)(C)C)cc1. The zero-order valence-corrected chi connectivity index (χ0v) is 40.7. The molecule has 4 heterocycles. The highest BCUT2D eigenvalue weighted by Crippen LogP contribution is 2.30. The van der Waals surface area contributed by atoms with Crippen molar-refractivity contribution < 1.29 is 27.9 Å². The molecule has 2 aliphatic heterocycles. The molecule has 2 aliphatic rings. The number of pyridine rings is 1. The van der Waals surface area contributed by atoms with Crippen LogP contribution in [-0.2, 0) is 32.7 Å². The number of aromatic nitrogens is 2. The van der Waals surface area contributed by atoms with Gasteiger partial charge in [-0.15, -0.1) is 11.3 Å². The molecule has 5 aromatic rings. The first-order valence-corrected chi connectivity index (χ1v) is 24.8. The molecule has 0 radical (unpaired) electrons. The van der Waals surface area contributed by atoms with Gasteiger partial charge in [-0.3, -0.25) is 24.3 Å². The number of nitrogen functional groups attached to an aromatic ring is 1. The Morgan fingerprint density at radius 3 is 2.33 bits per heavy atom. The van der Waals surface area contributed by atoms with Crippen molar-refractivity contribution in [2.24, 2.45) is 5.41 Å². The van der Waals surface area contributed by atoms with E-state index in [0.29, 0.717) is 42.7 Å². The number of anilines is 2. The Hall–Kier alpha value is -5.83. The number of amides is 3. The second kappa shape index (κ2) is 21.0. The van der Waals surface area contributed by atoms with Crippen LogP contribution in [0.3, 0.4) is 0 Å². The van der Waals surface area contributed by atoms with Gasteiger partial charge in [0.25, 0.3) is 5.91 Å². The Morgan fingerprint density at radius 2 is 1.70 bits per heavy atom. The molecule has 0 spiro atoms. The summed E-state index contributed by atoms with van der Waals surface area (Å²) in [6, 6.07) is 20.8. The fourth-order valence-corrected chi connectivity index (χ4v) is 10.6. The summed E-state index contributed by atoms with van der Waals surface area (Å²) in [4.78, 5) is 55.0. The number of thiazole rings is 1. The number of aliphatic hydroxyl groups is 1. The molecule has 7 N–H and O–H groups in total. The molecule has 3 aromatic carbocycles. The second-order valence-electron chi connectivity index (χ2n) is 18.1. The van der Waals surface area contributed by atoms with Crippen LogP contribution in [-0.4, -0.2) is 111 Å². The van der Waals surface area contributed by atoms with Gasteiger partial charge in [-0.25, -0.2) is 13.4 Å². The molecular formula is C48H58N10O6S3. The Balaban J connectivity index is 0.913. The van der Waals surface area contributed by atoms with E-state index in [1.165, 1.54) is 9.21 Å². The Kier molecular flexibility index (Phi) is 15.4. The summed E-state index contributed by atoms with van der Waals surface area (Å²) in [5.41, 5.74) is 13.5. The predicted molar refractivity (Wildman–Crippen MR) is 264 cm³/mol. The van der Waals surface area contributed by atoms with Crippen molar-refractivity contribution in [2.45, 2.75) is 83.3 Å². The minimum absolute atomic E-state index is 0.0499. The highest BCUT2D eigenvalue weighted by atomic mass is 32.2. The standard InChI is InChI=1S/C48H58N10O6S3/c1-30(33-8-10-34(11-9-33)42-31(2)52-29-66-42)53-45(61)41-24-38(59)28-58(41)46(62)43(48(3,4)5)55-44(60)35-12-13-36(40(49)23-35)27-56-19-21-57(22-20-56)67(63,64)39-16-14-37(15-17-39)54-47(65)51-26-32-7-6-18-50-25-32/h6-18,23,25,29-30,38,41,43,59H,19-22,24,26-28,49H2,1-5H3,(H,53,61)(H,55,60)(H2,51,54,65)/t30-,38+,41-,43+/m0/s1. The van der Waals surface area contributed by atoms with Crippen LogP contribution in [0.1, 0.15) is 72.9 Å². The number of rotatable bonds is 14. The molecule has 0 saturated carbocycles. The van der Waals surface area contributed by atoms with E-state index in [9.17, 15) is 27.9 Å². The number of sulfonamides is 1. The zero-order chi connectivity index (χ0) is 48.0. The van der Waals surface area contributed by atoms with E-state index >= 15 is 0 Å². The van der Waals surface area contributed by atoms with E-state index in [0.717, 1.165) is 32.8 Å². The van der Waals surface area contributed by atoms with Gasteiger partial charge in [0, 0.05) is 81.6 Å². The van der Waals surface area contributed by atoms with E-state index in [-0.39, 0.29) is 42.6 Å². The summed E-state index contributed by atoms with van der Waals surface area (Å²) in [6.45, 7) is 11.7. The zero-order valence-electron chi connectivity index (χ0n) is 38.2. The van der Waals surface area contributed by atoms with Crippen LogP contribution < -0.4 is 27.0 Å². The normalized spacial score (nSPS) is 17.9. The minimum atomic E-state index is -3.75. The number of benzene rings is 3. The van der Waals surface area contributed by atoms with Crippen LogP contribution in [0.2, 0.25) is 0 Å². The second-order valence-corrected chi connectivity index (χ2v) is 21.3. The average molecular weight is 967 g/mol. The molecule has 7 rings (SSSR count).